The predicted molar refractivity (Wildman–Crippen MR) is 89.0 cm³/mol. The lowest BCUT2D eigenvalue weighted by Gasteiger charge is -2.15. The molecule has 0 aromatic heterocycles. The minimum atomic E-state index is -0.554. The molecule has 120 valence electrons. The van der Waals surface area contributed by atoms with Gasteiger partial charge in [0.1, 0.15) is 12.4 Å². The van der Waals surface area contributed by atoms with Crippen molar-refractivity contribution in [2.45, 2.75) is 0 Å². The number of hydrogen-bond donors (Lipinski definition) is 1. The van der Waals surface area contributed by atoms with E-state index in [-0.39, 0.29) is 11.3 Å². The highest BCUT2D eigenvalue weighted by Crippen LogP contribution is 2.24. The summed E-state index contributed by atoms with van der Waals surface area (Å²) in [6.45, 7) is 0.354. The molecule has 1 heterocycles. The van der Waals surface area contributed by atoms with Gasteiger partial charge in [-0.05, 0) is 18.2 Å². The molecule has 3 rings (SSSR count). The average molecular weight is 323 g/mol. The van der Waals surface area contributed by atoms with Crippen molar-refractivity contribution in [3.8, 4) is 5.75 Å². The van der Waals surface area contributed by atoms with Crippen molar-refractivity contribution in [1.82, 2.24) is 5.43 Å². The molecule has 0 atom stereocenters. The lowest BCUT2D eigenvalue weighted by Crippen LogP contribution is -2.18. The molecule has 1 aliphatic heterocycles. The van der Waals surface area contributed by atoms with Crippen LogP contribution in [0.2, 0.25) is 0 Å². The van der Waals surface area contributed by atoms with Gasteiger partial charge in [0.05, 0.1) is 11.1 Å². The molecule has 1 N–H and O–H groups in total. The number of nitrogens with zero attached hydrogens (tertiary/aromatic N) is 2. The third-order valence-corrected chi connectivity index (χ3v) is 3.37. The largest absolute Gasteiger partial charge is 0.488 e. The van der Waals surface area contributed by atoms with E-state index in [0.717, 1.165) is 16.9 Å². The Kier molecular flexibility index (Phi) is 4.33. The van der Waals surface area contributed by atoms with Gasteiger partial charge < -0.3 is 4.74 Å². The van der Waals surface area contributed by atoms with Crippen molar-refractivity contribution in [2.75, 3.05) is 6.61 Å². The molecule has 24 heavy (non-hydrogen) atoms. The predicted octanol–water partition coefficient (Wildman–Crippen LogP) is 2.79. The minimum absolute atomic E-state index is 0.147. The topological polar surface area (TPSA) is 93.8 Å². The fraction of sp³-hybridized carbons (Fsp3) is 0.0588. The van der Waals surface area contributed by atoms with E-state index in [0.29, 0.717) is 6.61 Å². The van der Waals surface area contributed by atoms with Gasteiger partial charge in [0.25, 0.3) is 11.6 Å². The van der Waals surface area contributed by atoms with E-state index in [2.05, 4.69) is 10.5 Å². The maximum absolute atomic E-state index is 12.0. The summed E-state index contributed by atoms with van der Waals surface area (Å²) in [6, 6.07) is 13.1. The molecule has 0 unspecified atom stereocenters. The normalized spacial score (nSPS) is 12.9. The zero-order valence-corrected chi connectivity index (χ0v) is 12.5. The fourth-order valence-corrected chi connectivity index (χ4v) is 2.21. The van der Waals surface area contributed by atoms with E-state index in [1.165, 1.54) is 30.5 Å². The van der Waals surface area contributed by atoms with Crippen LogP contribution in [-0.4, -0.2) is 23.7 Å². The number of benzene rings is 2. The van der Waals surface area contributed by atoms with Crippen molar-refractivity contribution in [2.24, 2.45) is 5.10 Å². The van der Waals surface area contributed by atoms with Gasteiger partial charge in [-0.3, -0.25) is 14.9 Å². The summed E-state index contributed by atoms with van der Waals surface area (Å²) >= 11 is 0. The van der Waals surface area contributed by atoms with Crippen LogP contribution in [0.15, 0.2) is 59.2 Å². The van der Waals surface area contributed by atoms with E-state index in [9.17, 15) is 14.9 Å². The average Bonchev–Trinajstić information content (AvgIpc) is 2.61. The Morgan fingerprint density at radius 3 is 2.92 bits per heavy atom. The third kappa shape index (κ3) is 3.46. The Labute approximate surface area is 137 Å². The quantitative estimate of drug-likeness (QED) is 0.532. The summed E-state index contributed by atoms with van der Waals surface area (Å²) in [7, 11) is 0. The van der Waals surface area contributed by atoms with E-state index < -0.39 is 10.8 Å². The molecule has 1 aliphatic rings. The van der Waals surface area contributed by atoms with Crippen molar-refractivity contribution < 1.29 is 14.5 Å². The third-order valence-electron chi connectivity index (χ3n) is 3.37. The molecular formula is C17H13N3O4. The molecule has 2 aromatic rings. The Morgan fingerprint density at radius 1 is 1.25 bits per heavy atom. The number of rotatable bonds is 4. The van der Waals surface area contributed by atoms with Crippen LogP contribution in [0.4, 0.5) is 5.69 Å². The number of nitro groups is 1. The highest BCUT2D eigenvalue weighted by Gasteiger charge is 2.11. The first kappa shape index (κ1) is 15.4. The van der Waals surface area contributed by atoms with Gasteiger partial charge >= 0.3 is 0 Å². The van der Waals surface area contributed by atoms with E-state index >= 15 is 0 Å². The van der Waals surface area contributed by atoms with Gasteiger partial charge in [-0.15, -0.1) is 0 Å². The second kappa shape index (κ2) is 6.74. The Hall–Kier alpha value is -3.48. The second-order valence-electron chi connectivity index (χ2n) is 5.05. The number of hydrogen-bond acceptors (Lipinski definition) is 5. The number of para-hydroxylation sites is 1. The van der Waals surface area contributed by atoms with Crippen LogP contribution < -0.4 is 10.2 Å². The van der Waals surface area contributed by atoms with Crippen LogP contribution in [0.3, 0.4) is 0 Å². The van der Waals surface area contributed by atoms with Gasteiger partial charge in [0.15, 0.2) is 0 Å². The van der Waals surface area contributed by atoms with Crippen LogP contribution in [0.25, 0.3) is 6.08 Å². The van der Waals surface area contributed by atoms with Crippen molar-refractivity contribution in [3.63, 3.8) is 0 Å². The molecule has 0 bridgehead atoms. The molecule has 2 aromatic carbocycles. The second-order valence-corrected chi connectivity index (χ2v) is 5.05. The molecule has 0 fully saturated rings. The first-order chi connectivity index (χ1) is 11.6. The first-order valence-corrected chi connectivity index (χ1v) is 7.14. The number of carbonyl (C=O) groups is 1. The number of fused-ring (bicyclic) bond motifs is 1. The number of amides is 1. The molecule has 7 nitrogen and oxygen atoms in total. The zero-order chi connectivity index (χ0) is 16.9. The van der Waals surface area contributed by atoms with Crippen molar-refractivity contribution >= 4 is 23.9 Å². The number of ether oxygens (including phenoxy) is 1. The molecule has 0 saturated carbocycles. The summed E-state index contributed by atoms with van der Waals surface area (Å²) in [5, 5.41) is 14.6. The monoisotopic (exact) mass is 323 g/mol. The van der Waals surface area contributed by atoms with Crippen molar-refractivity contribution in [1.29, 1.82) is 0 Å². The maximum Gasteiger partial charge on any atom is 0.271 e. The zero-order valence-electron chi connectivity index (χ0n) is 12.5. The number of nitro benzene ring substituents is 1. The number of non-ortho nitro benzene ring substituents is 1. The van der Waals surface area contributed by atoms with Crippen LogP contribution >= 0.6 is 0 Å². The molecule has 7 heteroatoms. The summed E-state index contributed by atoms with van der Waals surface area (Å²) in [5.41, 5.74) is 4.11. The fourth-order valence-electron chi connectivity index (χ4n) is 2.21. The highest BCUT2D eigenvalue weighted by atomic mass is 16.6. The van der Waals surface area contributed by atoms with E-state index in [4.69, 9.17) is 4.74 Å². The minimum Gasteiger partial charge on any atom is -0.488 e. The summed E-state index contributed by atoms with van der Waals surface area (Å²) < 4.78 is 5.57. The van der Waals surface area contributed by atoms with Crippen LogP contribution in [0.5, 0.6) is 5.75 Å². The van der Waals surface area contributed by atoms with E-state index in [1.54, 1.807) is 0 Å². The smallest absolute Gasteiger partial charge is 0.271 e. The SMILES string of the molecule is O=C(N/N=C/C1=Cc2ccccc2OC1)c1cccc([N+](=O)[O-])c1. The van der Waals surface area contributed by atoms with Gasteiger partial charge in [0.2, 0.25) is 0 Å². The van der Waals surface area contributed by atoms with Crippen LogP contribution in [-0.2, 0) is 0 Å². The molecule has 0 spiro atoms. The van der Waals surface area contributed by atoms with Gasteiger partial charge in [0, 0.05) is 28.8 Å². The summed E-state index contributed by atoms with van der Waals surface area (Å²) in [6.07, 6.45) is 3.41. The van der Waals surface area contributed by atoms with Crippen LogP contribution in [0, 0.1) is 10.1 Å². The number of nitrogens with one attached hydrogen (secondary N) is 1. The Balaban J connectivity index is 1.67. The van der Waals surface area contributed by atoms with Crippen LogP contribution in [0.1, 0.15) is 15.9 Å². The number of hydrazone groups is 1. The molecule has 0 saturated heterocycles. The van der Waals surface area contributed by atoms with Gasteiger partial charge in [-0.25, -0.2) is 5.43 Å². The van der Waals surface area contributed by atoms with Gasteiger partial charge in [-0.2, -0.15) is 5.10 Å². The highest BCUT2D eigenvalue weighted by molar-refractivity contribution is 5.96. The summed E-state index contributed by atoms with van der Waals surface area (Å²) in [5.74, 6) is 0.281. The van der Waals surface area contributed by atoms with E-state index in [1.807, 2.05) is 30.3 Å². The van der Waals surface area contributed by atoms with Gasteiger partial charge in [-0.1, -0.05) is 24.3 Å². The first-order valence-electron chi connectivity index (χ1n) is 7.14. The standard InChI is InChI=1S/C17H13N3O4/c21-17(14-5-3-6-15(9-14)20(22)23)19-18-10-12-8-13-4-1-2-7-16(13)24-11-12/h1-10H,11H2,(H,19,21)/b18-10+. The molecule has 0 radical (unpaired) electrons. The summed E-state index contributed by atoms with van der Waals surface area (Å²) in [4.78, 5) is 22.1. The lowest BCUT2D eigenvalue weighted by atomic mass is 10.1. The lowest BCUT2D eigenvalue weighted by molar-refractivity contribution is -0.384. The Morgan fingerprint density at radius 2 is 2.08 bits per heavy atom. The molecule has 0 aliphatic carbocycles. The number of carbonyl (C=O) groups excluding carboxylic acids is 1. The Bertz CT molecular complexity index is 858. The van der Waals surface area contributed by atoms with Crippen molar-refractivity contribution in [3.05, 3.63) is 75.3 Å². The maximum atomic E-state index is 12.0. The molecule has 1 amide bonds. The molecular weight excluding hydrogens is 310 g/mol.